The topological polar surface area (TPSA) is 66.4 Å². The molecule has 0 aromatic carbocycles. The van der Waals surface area contributed by atoms with E-state index in [9.17, 15) is 22.8 Å². The van der Waals surface area contributed by atoms with E-state index >= 15 is 0 Å². The number of amides is 1. The third-order valence-electron chi connectivity index (χ3n) is 3.89. The Hall–Kier alpha value is -1.27. The second-order valence-electron chi connectivity index (χ2n) is 5.08. The summed E-state index contributed by atoms with van der Waals surface area (Å²) in [6, 6.07) is -0.643. The first-order chi connectivity index (χ1) is 8.28. The van der Waals surface area contributed by atoms with Crippen LogP contribution in [0.2, 0.25) is 0 Å². The van der Waals surface area contributed by atoms with Crippen molar-refractivity contribution < 1.29 is 27.9 Å². The highest BCUT2D eigenvalue weighted by Crippen LogP contribution is 2.48. The van der Waals surface area contributed by atoms with Crippen LogP contribution < -0.4 is 5.32 Å². The van der Waals surface area contributed by atoms with Crippen molar-refractivity contribution in [2.75, 3.05) is 0 Å². The zero-order valence-electron chi connectivity index (χ0n) is 9.54. The fourth-order valence-electron chi connectivity index (χ4n) is 3.27. The number of halogens is 3. The Balaban J connectivity index is 2.00. The predicted octanol–water partition coefficient (Wildman–Crippen LogP) is 1.55. The number of hydrogen-bond donors (Lipinski definition) is 2. The van der Waals surface area contributed by atoms with Crippen LogP contribution in [0.4, 0.5) is 13.2 Å². The van der Waals surface area contributed by atoms with E-state index < -0.39 is 36.4 Å². The third-order valence-corrected chi connectivity index (χ3v) is 3.89. The van der Waals surface area contributed by atoms with E-state index in [-0.39, 0.29) is 11.8 Å². The standard InChI is InChI=1S/C11H14F3NO3/c12-11(13,14)4-7(16)15-9-6-2-1-5(3-6)8(9)10(17)18/h5-6,8-9H,1-4H2,(H,15,16)(H,17,18). The van der Waals surface area contributed by atoms with Gasteiger partial charge >= 0.3 is 12.1 Å². The van der Waals surface area contributed by atoms with Crippen LogP contribution >= 0.6 is 0 Å². The van der Waals surface area contributed by atoms with Crippen molar-refractivity contribution in [3.8, 4) is 0 Å². The number of alkyl halides is 3. The summed E-state index contributed by atoms with van der Waals surface area (Å²) in [5.41, 5.74) is 0. The molecule has 102 valence electrons. The van der Waals surface area contributed by atoms with E-state index in [4.69, 9.17) is 5.11 Å². The summed E-state index contributed by atoms with van der Waals surface area (Å²) in [6.45, 7) is 0. The molecule has 0 aromatic rings. The summed E-state index contributed by atoms with van der Waals surface area (Å²) in [5.74, 6) is -2.90. The van der Waals surface area contributed by atoms with Crippen LogP contribution in [0.3, 0.4) is 0 Å². The number of carbonyl (C=O) groups excluding carboxylic acids is 1. The molecule has 0 spiro atoms. The van der Waals surface area contributed by atoms with Gasteiger partial charge in [-0.2, -0.15) is 13.2 Å². The van der Waals surface area contributed by atoms with Crippen molar-refractivity contribution in [1.29, 1.82) is 0 Å². The second kappa shape index (κ2) is 4.44. The fourth-order valence-corrected chi connectivity index (χ4v) is 3.27. The van der Waals surface area contributed by atoms with Gasteiger partial charge in [0.25, 0.3) is 0 Å². The highest BCUT2D eigenvalue weighted by molar-refractivity contribution is 5.79. The van der Waals surface area contributed by atoms with E-state index in [0.717, 1.165) is 12.8 Å². The minimum Gasteiger partial charge on any atom is -0.481 e. The Morgan fingerprint density at radius 2 is 1.83 bits per heavy atom. The molecule has 2 aliphatic rings. The number of nitrogens with one attached hydrogen (secondary N) is 1. The van der Waals surface area contributed by atoms with Crippen molar-refractivity contribution >= 4 is 11.9 Å². The lowest BCUT2D eigenvalue weighted by Gasteiger charge is -2.29. The van der Waals surface area contributed by atoms with Crippen molar-refractivity contribution in [1.82, 2.24) is 5.32 Å². The quantitative estimate of drug-likeness (QED) is 0.813. The first-order valence-electron chi connectivity index (χ1n) is 5.87. The Kier molecular flexibility index (Phi) is 3.25. The van der Waals surface area contributed by atoms with Gasteiger partial charge in [0.15, 0.2) is 0 Å². The van der Waals surface area contributed by atoms with E-state index in [0.29, 0.717) is 6.42 Å². The van der Waals surface area contributed by atoms with Gasteiger partial charge in [-0.25, -0.2) is 0 Å². The van der Waals surface area contributed by atoms with E-state index in [1.54, 1.807) is 0 Å². The molecule has 0 heterocycles. The minimum atomic E-state index is -4.56. The van der Waals surface area contributed by atoms with Crippen LogP contribution in [0.15, 0.2) is 0 Å². The maximum Gasteiger partial charge on any atom is 0.397 e. The zero-order chi connectivity index (χ0) is 13.5. The van der Waals surface area contributed by atoms with Crippen LogP contribution in [-0.2, 0) is 9.59 Å². The lowest BCUT2D eigenvalue weighted by Crippen LogP contribution is -2.47. The van der Waals surface area contributed by atoms with E-state index in [2.05, 4.69) is 5.32 Å². The molecule has 0 aliphatic heterocycles. The molecule has 0 radical (unpaired) electrons. The molecule has 2 fully saturated rings. The summed E-state index contributed by atoms with van der Waals surface area (Å²) < 4.78 is 36.1. The zero-order valence-corrected chi connectivity index (χ0v) is 9.54. The van der Waals surface area contributed by atoms with Crippen LogP contribution in [0.25, 0.3) is 0 Å². The lowest BCUT2D eigenvalue weighted by atomic mass is 9.84. The van der Waals surface area contributed by atoms with Crippen molar-refractivity contribution in [3.05, 3.63) is 0 Å². The van der Waals surface area contributed by atoms with Gasteiger partial charge in [0.1, 0.15) is 6.42 Å². The fraction of sp³-hybridized carbons (Fsp3) is 0.818. The Morgan fingerprint density at radius 3 is 2.39 bits per heavy atom. The highest BCUT2D eigenvalue weighted by Gasteiger charge is 2.51. The summed E-state index contributed by atoms with van der Waals surface area (Å²) >= 11 is 0. The van der Waals surface area contributed by atoms with Gasteiger partial charge in [-0.15, -0.1) is 0 Å². The van der Waals surface area contributed by atoms with Crippen LogP contribution in [0, 0.1) is 17.8 Å². The van der Waals surface area contributed by atoms with Crippen LogP contribution in [0.1, 0.15) is 25.7 Å². The Morgan fingerprint density at radius 1 is 1.22 bits per heavy atom. The molecular formula is C11H14F3NO3. The number of carboxylic acid groups (broad SMARTS) is 1. The molecule has 4 atom stereocenters. The molecule has 2 N–H and O–H groups in total. The van der Waals surface area contributed by atoms with Gasteiger partial charge < -0.3 is 10.4 Å². The number of hydrogen-bond acceptors (Lipinski definition) is 2. The summed E-state index contributed by atoms with van der Waals surface area (Å²) in [7, 11) is 0. The minimum absolute atomic E-state index is 0.00767. The number of aliphatic carboxylic acids is 1. The normalized spacial score (nSPS) is 34.6. The van der Waals surface area contributed by atoms with Gasteiger partial charge in [-0.05, 0) is 31.1 Å². The highest BCUT2D eigenvalue weighted by atomic mass is 19.4. The second-order valence-corrected chi connectivity index (χ2v) is 5.08. The van der Waals surface area contributed by atoms with Crippen LogP contribution in [0.5, 0.6) is 0 Å². The van der Waals surface area contributed by atoms with Crippen molar-refractivity contribution in [2.45, 2.75) is 37.9 Å². The molecule has 2 aliphatic carbocycles. The maximum absolute atomic E-state index is 12.0. The molecule has 2 bridgehead atoms. The number of rotatable bonds is 3. The van der Waals surface area contributed by atoms with Gasteiger partial charge in [-0.1, -0.05) is 0 Å². The van der Waals surface area contributed by atoms with Crippen molar-refractivity contribution in [2.24, 2.45) is 17.8 Å². The molecule has 4 unspecified atom stereocenters. The average Bonchev–Trinajstić information content (AvgIpc) is 2.73. The van der Waals surface area contributed by atoms with Gasteiger partial charge in [-0.3, -0.25) is 9.59 Å². The first-order valence-corrected chi connectivity index (χ1v) is 5.87. The predicted molar refractivity (Wildman–Crippen MR) is 54.6 cm³/mol. The first kappa shape index (κ1) is 13.2. The SMILES string of the molecule is O=C(CC(F)(F)F)NC1C2CCC(C2)C1C(=O)O. The molecule has 2 saturated carbocycles. The largest absolute Gasteiger partial charge is 0.481 e. The number of fused-ring (bicyclic) bond motifs is 2. The smallest absolute Gasteiger partial charge is 0.397 e. The van der Waals surface area contributed by atoms with Gasteiger partial charge in [0.2, 0.25) is 5.91 Å². The molecule has 2 rings (SSSR count). The average molecular weight is 265 g/mol. The number of carbonyl (C=O) groups is 2. The summed E-state index contributed by atoms with van der Waals surface area (Å²) in [4.78, 5) is 22.3. The van der Waals surface area contributed by atoms with Gasteiger partial charge in [0, 0.05) is 6.04 Å². The molecular weight excluding hydrogens is 251 g/mol. The molecule has 4 nitrogen and oxygen atoms in total. The number of carboxylic acids is 1. The van der Waals surface area contributed by atoms with Crippen molar-refractivity contribution in [3.63, 3.8) is 0 Å². The third kappa shape index (κ3) is 2.59. The molecule has 1 amide bonds. The van der Waals surface area contributed by atoms with E-state index in [1.165, 1.54) is 0 Å². The summed E-state index contributed by atoms with van der Waals surface area (Å²) in [6.07, 6.45) is -3.85. The summed E-state index contributed by atoms with van der Waals surface area (Å²) in [5, 5.41) is 11.3. The Labute approximate surface area is 102 Å². The molecule has 0 saturated heterocycles. The lowest BCUT2D eigenvalue weighted by molar-refractivity contribution is -0.155. The molecule has 7 heteroatoms. The molecule has 18 heavy (non-hydrogen) atoms. The van der Waals surface area contributed by atoms with E-state index in [1.807, 2.05) is 0 Å². The molecule has 0 aromatic heterocycles. The van der Waals surface area contributed by atoms with Gasteiger partial charge in [0.05, 0.1) is 5.92 Å². The Bertz CT molecular complexity index is 369. The monoisotopic (exact) mass is 265 g/mol. The van der Waals surface area contributed by atoms with Crippen LogP contribution in [-0.4, -0.2) is 29.2 Å². The maximum atomic E-state index is 12.0.